The minimum absolute atomic E-state index is 0.0695. The van der Waals surface area contributed by atoms with Gasteiger partial charge in [0.15, 0.2) is 0 Å². The summed E-state index contributed by atoms with van der Waals surface area (Å²) in [5.41, 5.74) is -0.519. The molecule has 0 aromatic carbocycles. The monoisotopic (exact) mass is 266 g/mol. The quantitative estimate of drug-likeness (QED) is 0.829. The van der Waals surface area contributed by atoms with Gasteiger partial charge in [0.05, 0.1) is 5.92 Å². The van der Waals surface area contributed by atoms with Crippen LogP contribution in [0.4, 0.5) is 0 Å². The van der Waals surface area contributed by atoms with Crippen LogP contribution in [0.15, 0.2) is 0 Å². The molecule has 0 radical (unpaired) electrons. The maximum Gasteiger partial charge on any atom is 0.307 e. The van der Waals surface area contributed by atoms with E-state index < -0.39 is 17.3 Å². The minimum Gasteiger partial charge on any atom is -0.481 e. The average molecular weight is 266 g/mol. The van der Waals surface area contributed by atoms with Gasteiger partial charge in [-0.3, -0.25) is 9.59 Å². The average Bonchev–Trinajstić information content (AvgIpc) is 2.30. The number of carboxylic acids is 1. The van der Waals surface area contributed by atoms with E-state index in [0.717, 1.165) is 19.3 Å². The molecule has 0 amide bonds. The fourth-order valence-electron chi connectivity index (χ4n) is 4.37. The number of Topliss-reactive ketones (excluding diaryl/α,β-unsaturated/α-hetero) is 1. The van der Waals surface area contributed by atoms with Crippen LogP contribution in [-0.4, -0.2) is 16.9 Å². The van der Waals surface area contributed by atoms with Crippen LogP contribution in [0.3, 0.4) is 0 Å². The van der Waals surface area contributed by atoms with Gasteiger partial charge in [-0.1, -0.05) is 40.5 Å². The lowest BCUT2D eigenvalue weighted by Crippen LogP contribution is -2.55. The van der Waals surface area contributed by atoms with Crippen molar-refractivity contribution in [3.63, 3.8) is 0 Å². The van der Waals surface area contributed by atoms with Gasteiger partial charge >= 0.3 is 5.97 Å². The van der Waals surface area contributed by atoms with E-state index in [9.17, 15) is 14.7 Å². The van der Waals surface area contributed by atoms with Gasteiger partial charge < -0.3 is 5.11 Å². The molecule has 0 spiro atoms. The summed E-state index contributed by atoms with van der Waals surface area (Å²) in [6, 6.07) is 0. The first-order chi connectivity index (χ1) is 8.65. The standard InChI is InChI=1S/C16H26O3/c1-11(13(18)19)16(4)10-15(3)8-6-5-7-14(15,2)9-12(16)17/h11H,5-10H2,1-4H3,(H,18,19)/t11?,14-,15+,16+/m0/s1. The highest BCUT2D eigenvalue weighted by Crippen LogP contribution is 2.62. The van der Waals surface area contributed by atoms with Crippen LogP contribution < -0.4 is 0 Å². The van der Waals surface area contributed by atoms with E-state index in [1.54, 1.807) is 6.92 Å². The lowest BCUT2D eigenvalue weighted by atomic mass is 9.45. The predicted octanol–water partition coefficient (Wildman–Crippen LogP) is 3.66. The smallest absolute Gasteiger partial charge is 0.307 e. The summed E-state index contributed by atoms with van der Waals surface area (Å²) < 4.78 is 0. The second kappa shape index (κ2) is 4.32. The number of hydrogen-bond acceptors (Lipinski definition) is 2. The number of carbonyl (C=O) groups excluding carboxylic acids is 1. The zero-order valence-corrected chi connectivity index (χ0v) is 12.6. The second-order valence-corrected chi connectivity index (χ2v) is 7.58. The summed E-state index contributed by atoms with van der Waals surface area (Å²) in [6.45, 7) is 8.06. The molecule has 0 aromatic rings. The van der Waals surface area contributed by atoms with Crippen LogP contribution in [-0.2, 0) is 9.59 Å². The molecule has 0 aliphatic heterocycles. The first kappa shape index (κ1) is 14.5. The number of hydrogen-bond donors (Lipinski definition) is 1. The molecule has 108 valence electrons. The van der Waals surface area contributed by atoms with Gasteiger partial charge in [-0.2, -0.15) is 0 Å². The molecule has 2 saturated carbocycles. The fourth-order valence-corrected chi connectivity index (χ4v) is 4.37. The lowest BCUT2D eigenvalue weighted by Gasteiger charge is -2.58. The molecule has 19 heavy (non-hydrogen) atoms. The van der Waals surface area contributed by atoms with Crippen molar-refractivity contribution in [2.75, 3.05) is 0 Å². The zero-order valence-electron chi connectivity index (χ0n) is 12.6. The molecule has 2 aliphatic rings. The van der Waals surface area contributed by atoms with E-state index in [-0.39, 0.29) is 16.6 Å². The normalized spacial score (nSPS) is 44.5. The Balaban J connectivity index is 2.37. The summed E-state index contributed by atoms with van der Waals surface area (Å²) in [5.74, 6) is -1.29. The maximum atomic E-state index is 12.6. The molecule has 4 atom stereocenters. The summed E-state index contributed by atoms with van der Waals surface area (Å²) in [4.78, 5) is 23.9. The number of aliphatic carboxylic acids is 1. The summed E-state index contributed by atoms with van der Waals surface area (Å²) in [5, 5.41) is 9.31. The number of carbonyl (C=O) groups is 2. The van der Waals surface area contributed by atoms with E-state index in [2.05, 4.69) is 13.8 Å². The van der Waals surface area contributed by atoms with Crippen LogP contribution in [0, 0.1) is 22.2 Å². The van der Waals surface area contributed by atoms with E-state index in [1.807, 2.05) is 6.92 Å². The molecular weight excluding hydrogens is 240 g/mol. The minimum atomic E-state index is -0.848. The highest BCUT2D eigenvalue weighted by atomic mass is 16.4. The number of rotatable bonds is 2. The van der Waals surface area contributed by atoms with E-state index >= 15 is 0 Å². The molecule has 2 fully saturated rings. The van der Waals surface area contributed by atoms with Crippen molar-refractivity contribution in [3.8, 4) is 0 Å². The van der Waals surface area contributed by atoms with Gasteiger partial charge in [0.25, 0.3) is 0 Å². The maximum absolute atomic E-state index is 12.6. The van der Waals surface area contributed by atoms with Crippen LogP contribution in [0.2, 0.25) is 0 Å². The van der Waals surface area contributed by atoms with Crippen LogP contribution >= 0.6 is 0 Å². The summed E-state index contributed by atoms with van der Waals surface area (Å²) in [7, 11) is 0. The highest BCUT2D eigenvalue weighted by molar-refractivity contribution is 5.90. The largest absolute Gasteiger partial charge is 0.481 e. The molecule has 0 aromatic heterocycles. The summed E-state index contributed by atoms with van der Waals surface area (Å²) in [6.07, 6.45) is 5.91. The summed E-state index contributed by atoms with van der Waals surface area (Å²) >= 11 is 0. The van der Waals surface area contributed by atoms with E-state index in [0.29, 0.717) is 6.42 Å². The van der Waals surface area contributed by atoms with Crippen LogP contribution in [0.5, 0.6) is 0 Å². The van der Waals surface area contributed by atoms with Gasteiger partial charge in [-0.15, -0.1) is 0 Å². The number of carboxylic acid groups (broad SMARTS) is 1. The Hall–Kier alpha value is -0.860. The first-order valence-corrected chi connectivity index (χ1v) is 7.41. The molecule has 0 saturated heterocycles. The van der Waals surface area contributed by atoms with Crippen molar-refractivity contribution in [1.29, 1.82) is 0 Å². The topological polar surface area (TPSA) is 54.4 Å². The van der Waals surface area contributed by atoms with Crippen molar-refractivity contribution < 1.29 is 14.7 Å². The lowest BCUT2D eigenvalue weighted by molar-refractivity contribution is -0.165. The van der Waals surface area contributed by atoms with Gasteiger partial charge in [-0.25, -0.2) is 0 Å². The van der Waals surface area contributed by atoms with Crippen molar-refractivity contribution in [2.24, 2.45) is 22.2 Å². The molecular formula is C16H26O3. The third-order valence-corrected chi connectivity index (χ3v) is 6.44. The van der Waals surface area contributed by atoms with Crippen molar-refractivity contribution >= 4 is 11.8 Å². The molecule has 3 heteroatoms. The zero-order chi connectivity index (χ0) is 14.5. The number of fused-ring (bicyclic) bond motifs is 1. The Morgan fingerprint density at radius 2 is 1.68 bits per heavy atom. The van der Waals surface area contributed by atoms with Crippen LogP contribution in [0.1, 0.15) is 66.2 Å². The van der Waals surface area contributed by atoms with Crippen molar-refractivity contribution in [1.82, 2.24) is 0 Å². The van der Waals surface area contributed by atoms with Gasteiger partial charge in [0.2, 0.25) is 0 Å². The van der Waals surface area contributed by atoms with E-state index in [4.69, 9.17) is 0 Å². The molecule has 0 bridgehead atoms. The van der Waals surface area contributed by atoms with Gasteiger partial charge in [0, 0.05) is 11.8 Å². The molecule has 1 unspecified atom stereocenters. The number of ketones is 1. The van der Waals surface area contributed by atoms with Crippen molar-refractivity contribution in [2.45, 2.75) is 66.2 Å². The first-order valence-electron chi connectivity index (χ1n) is 7.41. The Labute approximate surface area is 115 Å². The Morgan fingerprint density at radius 1 is 1.16 bits per heavy atom. The second-order valence-electron chi connectivity index (χ2n) is 7.58. The van der Waals surface area contributed by atoms with Gasteiger partial charge in [0.1, 0.15) is 5.78 Å². The fraction of sp³-hybridized carbons (Fsp3) is 0.875. The third kappa shape index (κ3) is 2.02. The molecule has 0 heterocycles. The van der Waals surface area contributed by atoms with Crippen molar-refractivity contribution in [3.05, 3.63) is 0 Å². The Bertz CT molecular complexity index is 416. The molecule has 2 rings (SSSR count). The Morgan fingerprint density at radius 3 is 2.21 bits per heavy atom. The predicted molar refractivity (Wildman–Crippen MR) is 73.8 cm³/mol. The molecule has 1 N–H and O–H groups in total. The van der Waals surface area contributed by atoms with Crippen LogP contribution in [0.25, 0.3) is 0 Å². The Kier molecular flexibility index (Phi) is 3.31. The van der Waals surface area contributed by atoms with Gasteiger partial charge in [-0.05, 0) is 30.1 Å². The molecule has 3 nitrogen and oxygen atoms in total. The van der Waals surface area contributed by atoms with E-state index in [1.165, 1.54) is 12.8 Å². The SMILES string of the molecule is CC(C(=O)O)[C@@]1(C)C[C@@]2(C)CCCC[C@@]2(C)CC1=O. The highest BCUT2D eigenvalue weighted by Gasteiger charge is 2.59. The third-order valence-electron chi connectivity index (χ3n) is 6.44. The molecule has 2 aliphatic carbocycles.